The zero-order chi connectivity index (χ0) is 20.1. The summed E-state index contributed by atoms with van der Waals surface area (Å²) < 4.78 is 34.8. The third-order valence-corrected chi connectivity index (χ3v) is 5.45. The van der Waals surface area contributed by atoms with Gasteiger partial charge >= 0.3 is 6.09 Å². The highest BCUT2D eigenvalue weighted by Crippen LogP contribution is 2.22. The third-order valence-electron chi connectivity index (χ3n) is 4.17. The maximum atomic E-state index is 12.3. The average molecular weight is 404 g/mol. The summed E-state index contributed by atoms with van der Waals surface area (Å²) in [4.78, 5) is 22.8. The molecule has 9 heteroatoms. The summed E-state index contributed by atoms with van der Waals surface area (Å²) >= 11 is 0. The summed E-state index contributed by atoms with van der Waals surface area (Å²) in [6.07, 6.45) is -0.455. The highest BCUT2D eigenvalue weighted by Gasteiger charge is 2.28. The molecule has 1 unspecified atom stereocenters. The SMILES string of the molecule is Cc1ccc(S(=O)(=O)OCC2CC(=O)N2)cc1NC(=O)OCc1ccccc1. The van der Waals surface area contributed by atoms with E-state index in [0.717, 1.165) is 5.56 Å². The fourth-order valence-corrected chi connectivity index (χ4v) is 3.51. The van der Waals surface area contributed by atoms with Gasteiger partial charge in [0.2, 0.25) is 5.91 Å². The molecule has 1 heterocycles. The predicted molar refractivity (Wildman–Crippen MR) is 101 cm³/mol. The number of aryl methyl sites for hydroxylation is 1. The van der Waals surface area contributed by atoms with E-state index in [0.29, 0.717) is 11.3 Å². The summed E-state index contributed by atoms with van der Waals surface area (Å²) in [5.74, 6) is -0.137. The van der Waals surface area contributed by atoms with Crippen molar-refractivity contribution in [1.29, 1.82) is 0 Å². The first-order chi connectivity index (χ1) is 13.3. The van der Waals surface area contributed by atoms with Crippen LogP contribution in [0.1, 0.15) is 17.5 Å². The molecule has 1 aliphatic rings. The number of hydrogen-bond acceptors (Lipinski definition) is 6. The Labute approximate surface area is 163 Å². The van der Waals surface area contributed by atoms with E-state index in [1.807, 2.05) is 30.3 Å². The molecule has 1 saturated heterocycles. The van der Waals surface area contributed by atoms with E-state index in [1.165, 1.54) is 12.1 Å². The van der Waals surface area contributed by atoms with E-state index >= 15 is 0 Å². The maximum absolute atomic E-state index is 12.3. The molecule has 2 amide bonds. The number of β-lactam (4-membered cyclic amide) rings is 1. The molecule has 1 fully saturated rings. The van der Waals surface area contributed by atoms with Crippen molar-refractivity contribution >= 4 is 27.8 Å². The Balaban J connectivity index is 1.61. The fraction of sp³-hybridized carbons (Fsp3) is 0.263. The smallest absolute Gasteiger partial charge is 0.411 e. The van der Waals surface area contributed by atoms with Crippen LogP contribution < -0.4 is 10.6 Å². The van der Waals surface area contributed by atoms with Crippen molar-refractivity contribution in [3.8, 4) is 0 Å². The molecule has 0 saturated carbocycles. The second-order valence-electron chi connectivity index (χ2n) is 6.37. The fourth-order valence-electron chi connectivity index (χ4n) is 2.53. The van der Waals surface area contributed by atoms with Gasteiger partial charge in [-0.1, -0.05) is 36.4 Å². The number of hydrogen-bond donors (Lipinski definition) is 2. The molecule has 0 aromatic heterocycles. The van der Waals surface area contributed by atoms with E-state index < -0.39 is 16.2 Å². The van der Waals surface area contributed by atoms with Gasteiger partial charge in [-0.15, -0.1) is 0 Å². The Morgan fingerprint density at radius 1 is 1.21 bits per heavy atom. The van der Waals surface area contributed by atoms with E-state index in [9.17, 15) is 18.0 Å². The molecule has 2 N–H and O–H groups in total. The number of benzene rings is 2. The molecule has 28 heavy (non-hydrogen) atoms. The molecular weight excluding hydrogens is 384 g/mol. The molecule has 8 nitrogen and oxygen atoms in total. The predicted octanol–water partition coefficient (Wildman–Crippen LogP) is 2.34. The van der Waals surface area contributed by atoms with Crippen LogP contribution in [0.25, 0.3) is 0 Å². The number of anilines is 1. The van der Waals surface area contributed by atoms with Crippen molar-refractivity contribution in [2.75, 3.05) is 11.9 Å². The van der Waals surface area contributed by atoms with Crippen molar-refractivity contribution in [3.63, 3.8) is 0 Å². The van der Waals surface area contributed by atoms with Gasteiger partial charge < -0.3 is 10.1 Å². The lowest BCUT2D eigenvalue weighted by molar-refractivity contribution is -0.128. The lowest BCUT2D eigenvalue weighted by Crippen LogP contribution is -2.51. The van der Waals surface area contributed by atoms with Crippen LogP contribution in [0.2, 0.25) is 0 Å². The second kappa shape index (κ2) is 8.41. The minimum atomic E-state index is -4.02. The van der Waals surface area contributed by atoms with Gasteiger partial charge in [-0.05, 0) is 30.2 Å². The molecule has 0 bridgehead atoms. The normalized spacial score (nSPS) is 16.0. The molecule has 2 aromatic carbocycles. The van der Waals surface area contributed by atoms with Gasteiger partial charge in [-0.25, -0.2) is 4.79 Å². The van der Waals surface area contributed by atoms with Crippen LogP contribution >= 0.6 is 0 Å². The first-order valence-corrected chi connectivity index (χ1v) is 10.0. The molecule has 3 rings (SSSR count). The van der Waals surface area contributed by atoms with Crippen LogP contribution in [-0.4, -0.2) is 33.1 Å². The molecule has 0 radical (unpaired) electrons. The molecule has 2 aromatic rings. The molecule has 148 valence electrons. The minimum absolute atomic E-state index is 0.0953. The van der Waals surface area contributed by atoms with Crippen molar-refractivity contribution in [1.82, 2.24) is 5.32 Å². The number of carbonyl (C=O) groups excluding carboxylic acids is 2. The zero-order valence-corrected chi connectivity index (χ0v) is 16.0. The van der Waals surface area contributed by atoms with E-state index in [2.05, 4.69) is 10.6 Å². The van der Waals surface area contributed by atoms with Crippen molar-refractivity contribution in [3.05, 3.63) is 59.7 Å². The monoisotopic (exact) mass is 404 g/mol. The van der Waals surface area contributed by atoms with E-state index in [1.54, 1.807) is 13.0 Å². The highest BCUT2D eigenvalue weighted by molar-refractivity contribution is 7.86. The minimum Gasteiger partial charge on any atom is -0.444 e. The number of nitrogens with one attached hydrogen (secondary N) is 2. The van der Waals surface area contributed by atoms with Gasteiger partial charge in [0.25, 0.3) is 10.1 Å². The molecular formula is C19H20N2O6S. The number of rotatable bonds is 7. The summed E-state index contributed by atoms with van der Waals surface area (Å²) in [7, 11) is -4.02. The van der Waals surface area contributed by atoms with Gasteiger partial charge in [0, 0.05) is 12.1 Å². The van der Waals surface area contributed by atoms with Gasteiger partial charge in [0.1, 0.15) is 6.61 Å². The first-order valence-electron chi connectivity index (χ1n) is 8.60. The van der Waals surface area contributed by atoms with Gasteiger partial charge in [0.15, 0.2) is 0 Å². The Morgan fingerprint density at radius 3 is 2.61 bits per heavy atom. The first kappa shape index (κ1) is 19.8. The van der Waals surface area contributed by atoms with Crippen LogP contribution in [0.3, 0.4) is 0 Å². The number of ether oxygens (including phenoxy) is 1. The van der Waals surface area contributed by atoms with Crippen LogP contribution in [0.5, 0.6) is 0 Å². The van der Waals surface area contributed by atoms with Gasteiger partial charge in [-0.2, -0.15) is 8.42 Å². The Kier molecular flexibility index (Phi) is 5.96. The van der Waals surface area contributed by atoms with Crippen LogP contribution in [0.4, 0.5) is 10.5 Å². The van der Waals surface area contributed by atoms with Crippen molar-refractivity contribution in [2.45, 2.75) is 30.9 Å². The summed E-state index contributed by atoms with van der Waals surface area (Å²) in [5.41, 5.74) is 1.81. The lowest BCUT2D eigenvalue weighted by atomic mass is 10.1. The highest BCUT2D eigenvalue weighted by atomic mass is 32.2. The number of amides is 2. The third kappa shape index (κ3) is 5.08. The Hall–Kier alpha value is -2.91. The van der Waals surface area contributed by atoms with Crippen LogP contribution in [-0.2, 0) is 30.4 Å². The topological polar surface area (TPSA) is 111 Å². The summed E-state index contributed by atoms with van der Waals surface area (Å²) in [5, 5.41) is 5.09. The van der Waals surface area contributed by atoms with Crippen LogP contribution in [0.15, 0.2) is 53.4 Å². The lowest BCUT2D eigenvalue weighted by Gasteiger charge is -2.26. The quantitative estimate of drug-likeness (QED) is 0.541. The van der Waals surface area contributed by atoms with Crippen molar-refractivity contribution < 1.29 is 26.9 Å². The largest absolute Gasteiger partial charge is 0.444 e. The Morgan fingerprint density at radius 2 is 1.93 bits per heavy atom. The summed E-state index contributed by atoms with van der Waals surface area (Å²) in [6.45, 7) is 1.69. The Bertz CT molecular complexity index is 967. The second-order valence-corrected chi connectivity index (χ2v) is 7.99. The molecule has 0 spiro atoms. The zero-order valence-electron chi connectivity index (χ0n) is 15.2. The molecule has 1 aliphatic heterocycles. The number of carbonyl (C=O) groups is 2. The summed E-state index contributed by atoms with van der Waals surface area (Å²) in [6, 6.07) is 13.2. The molecule has 0 aliphatic carbocycles. The average Bonchev–Trinajstić information content (AvgIpc) is 2.65. The standard InChI is InChI=1S/C19H20N2O6S/c1-13-7-8-16(28(24,25)27-12-15-9-18(22)20-15)10-17(13)21-19(23)26-11-14-5-3-2-4-6-14/h2-8,10,15H,9,11-12H2,1H3,(H,20,22)(H,21,23). The van der Waals surface area contributed by atoms with Gasteiger partial charge in [-0.3, -0.25) is 14.3 Å². The van der Waals surface area contributed by atoms with E-state index in [4.69, 9.17) is 8.92 Å². The molecule has 1 atom stereocenters. The van der Waals surface area contributed by atoms with Gasteiger partial charge in [0.05, 0.1) is 17.5 Å². The van der Waals surface area contributed by atoms with Crippen LogP contribution in [0, 0.1) is 6.92 Å². The maximum Gasteiger partial charge on any atom is 0.411 e. The van der Waals surface area contributed by atoms with E-state index in [-0.39, 0.29) is 36.5 Å². The van der Waals surface area contributed by atoms with Crippen molar-refractivity contribution in [2.24, 2.45) is 0 Å².